The van der Waals surface area contributed by atoms with E-state index in [0.717, 1.165) is 17.2 Å². The first-order valence-electron chi connectivity index (χ1n) is 14.2. The fraction of sp³-hybridized carbons (Fsp3) is 0.400. The standard InChI is InChI=1S/C30H27F9N4O5/c1-2-27(40)13-20(19-12-16(28(31,32)33)5-6-22(19)43(27)26(46)47)25-41-14-23(48-7-3-4-24(44)45)21(42-25)10-15-8-17(29(34,35)36)11-18(9-15)30(37,38)39/h5-6,8-9,11-12,14,20H,2-4,7,10,13,40H2,1H3,(H,44,45)(H,46,47)/t20-,27+/m0/s1. The van der Waals surface area contributed by atoms with Gasteiger partial charge in [0.25, 0.3) is 0 Å². The number of benzene rings is 2. The SMILES string of the molecule is CC[C@]1(N)C[C@H](c2ncc(OCCCC(=O)O)c(Cc3cc(C(F)(F)F)cc(C(F)(F)F)c3)n2)c2cc(C(F)(F)F)ccc2N1C(=O)O. The van der Waals surface area contributed by atoms with Gasteiger partial charge in [-0.15, -0.1) is 0 Å². The molecule has 2 aromatic carbocycles. The van der Waals surface area contributed by atoms with Crippen LogP contribution in [0.5, 0.6) is 5.75 Å². The molecule has 0 saturated heterocycles. The molecule has 18 heteroatoms. The summed E-state index contributed by atoms with van der Waals surface area (Å²) in [6.07, 6.45) is -17.2. The van der Waals surface area contributed by atoms with Crippen LogP contribution in [0.25, 0.3) is 0 Å². The van der Waals surface area contributed by atoms with Crippen molar-refractivity contribution in [1.29, 1.82) is 0 Å². The topological polar surface area (TPSA) is 139 Å². The van der Waals surface area contributed by atoms with Crippen molar-refractivity contribution >= 4 is 17.7 Å². The summed E-state index contributed by atoms with van der Waals surface area (Å²) in [7, 11) is 0. The summed E-state index contributed by atoms with van der Waals surface area (Å²) < 4.78 is 128. The number of rotatable bonds is 9. The second kappa shape index (κ2) is 13.1. The third kappa shape index (κ3) is 7.91. The van der Waals surface area contributed by atoms with Crippen LogP contribution in [0, 0.1) is 0 Å². The van der Waals surface area contributed by atoms with Gasteiger partial charge in [0, 0.05) is 18.8 Å². The van der Waals surface area contributed by atoms with E-state index in [9.17, 15) is 54.2 Å². The Morgan fingerprint density at radius 1 is 0.958 bits per heavy atom. The highest BCUT2D eigenvalue weighted by Crippen LogP contribution is 2.47. The average molecular weight is 695 g/mol. The molecule has 4 rings (SSSR count). The molecule has 0 aliphatic carbocycles. The number of hydrogen-bond acceptors (Lipinski definition) is 6. The number of halogens is 9. The number of ether oxygens (including phenoxy) is 1. The molecule has 1 aromatic heterocycles. The second-order valence-corrected chi connectivity index (χ2v) is 11.1. The maximum absolute atomic E-state index is 13.8. The Morgan fingerprint density at radius 2 is 1.56 bits per heavy atom. The Labute approximate surface area is 266 Å². The molecule has 0 spiro atoms. The molecule has 260 valence electrons. The summed E-state index contributed by atoms with van der Waals surface area (Å²) in [6.45, 7) is 1.27. The van der Waals surface area contributed by atoms with Gasteiger partial charge in [0.1, 0.15) is 11.5 Å². The van der Waals surface area contributed by atoms with Crippen molar-refractivity contribution in [3.05, 3.63) is 81.9 Å². The van der Waals surface area contributed by atoms with E-state index in [0.29, 0.717) is 24.3 Å². The lowest BCUT2D eigenvalue weighted by Crippen LogP contribution is -2.61. The number of nitrogens with zero attached hydrogens (tertiary/aromatic N) is 3. The van der Waals surface area contributed by atoms with Crippen LogP contribution < -0.4 is 15.4 Å². The summed E-state index contributed by atoms with van der Waals surface area (Å²) in [6, 6.07) is 3.19. The monoisotopic (exact) mass is 694 g/mol. The molecule has 0 unspecified atom stereocenters. The van der Waals surface area contributed by atoms with E-state index in [1.165, 1.54) is 6.92 Å². The van der Waals surface area contributed by atoms with Crippen molar-refractivity contribution in [3.63, 3.8) is 0 Å². The molecule has 1 aliphatic heterocycles. The molecule has 1 aliphatic rings. The van der Waals surface area contributed by atoms with Crippen LogP contribution in [0.1, 0.15) is 77.9 Å². The van der Waals surface area contributed by atoms with Crippen molar-refractivity contribution < 1.29 is 64.1 Å². The molecule has 48 heavy (non-hydrogen) atoms. The molecule has 4 N–H and O–H groups in total. The smallest absolute Gasteiger partial charge is 0.416 e. The minimum absolute atomic E-state index is 0.0294. The van der Waals surface area contributed by atoms with E-state index in [1.807, 2.05) is 0 Å². The van der Waals surface area contributed by atoms with Gasteiger partial charge in [0.2, 0.25) is 0 Å². The van der Waals surface area contributed by atoms with E-state index in [-0.39, 0.29) is 66.9 Å². The highest BCUT2D eigenvalue weighted by atomic mass is 19.4. The van der Waals surface area contributed by atoms with E-state index in [2.05, 4.69) is 9.97 Å². The number of aliphatic carboxylic acids is 1. The third-order valence-electron chi connectivity index (χ3n) is 7.75. The van der Waals surface area contributed by atoms with Crippen molar-refractivity contribution in [2.24, 2.45) is 5.73 Å². The van der Waals surface area contributed by atoms with Gasteiger partial charge in [-0.25, -0.2) is 14.8 Å². The maximum Gasteiger partial charge on any atom is 0.416 e. The van der Waals surface area contributed by atoms with Crippen molar-refractivity contribution in [3.8, 4) is 5.75 Å². The van der Waals surface area contributed by atoms with Crippen LogP contribution >= 0.6 is 0 Å². The number of anilines is 1. The average Bonchev–Trinajstić information content (AvgIpc) is 2.97. The summed E-state index contributed by atoms with van der Waals surface area (Å²) in [4.78, 5) is 32.4. The van der Waals surface area contributed by atoms with Crippen LogP contribution in [0.3, 0.4) is 0 Å². The molecule has 0 fully saturated rings. The van der Waals surface area contributed by atoms with Crippen molar-refractivity contribution in [1.82, 2.24) is 9.97 Å². The van der Waals surface area contributed by atoms with Crippen molar-refractivity contribution in [2.45, 2.75) is 69.1 Å². The Bertz CT molecular complexity index is 1660. The molecule has 0 saturated carbocycles. The van der Waals surface area contributed by atoms with Crippen LogP contribution in [0.2, 0.25) is 0 Å². The van der Waals surface area contributed by atoms with Gasteiger partial charge in [-0.3, -0.25) is 9.69 Å². The van der Waals surface area contributed by atoms with Crippen molar-refractivity contribution in [2.75, 3.05) is 11.5 Å². The van der Waals surface area contributed by atoms with Gasteiger partial charge in [0.05, 0.1) is 40.9 Å². The largest absolute Gasteiger partial charge is 0.490 e. The van der Waals surface area contributed by atoms with Gasteiger partial charge in [-0.05, 0) is 66.8 Å². The summed E-state index contributed by atoms with van der Waals surface area (Å²) in [5.74, 6) is -2.90. The summed E-state index contributed by atoms with van der Waals surface area (Å²) in [5, 5.41) is 18.9. The van der Waals surface area contributed by atoms with E-state index < -0.39 is 70.8 Å². The van der Waals surface area contributed by atoms with Gasteiger partial charge in [-0.2, -0.15) is 39.5 Å². The zero-order valence-electron chi connectivity index (χ0n) is 24.8. The zero-order chi connectivity index (χ0) is 35.8. The molecule has 1 amide bonds. The minimum atomic E-state index is -5.16. The number of hydrogen-bond donors (Lipinski definition) is 3. The first kappa shape index (κ1) is 36.2. The Kier molecular flexibility index (Phi) is 9.90. The molecular weight excluding hydrogens is 667 g/mol. The number of fused-ring (bicyclic) bond motifs is 1. The minimum Gasteiger partial charge on any atom is -0.490 e. The Morgan fingerprint density at radius 3 is 2.08 bits per heavy atom. The predicted molar refractivity (Wildman–Crippen MR) is 149 cm³/mol. The number of aromatic nitrogens is 2. The van der Waals surface area contributed by atoms with Crippen LogP contribution in [0.15, 0.2) is 42.6 Å². The molecule has 3 aromatic rings. The molecule has 0 radical (unpaired) electrons. The second-order valence-electron chi connectivity index (χ2n) is 11.1. The number of amides is 1. The van der Waals surface area contributed by atoms with Crippen LogP contribution in [-0.4, -0.2) is 44.5 Å². The Hall–Kier alpha value is -4.61. The zero-order valence-corrected chi connectivity index (χ0v) is 24.8. The molecule has 2 atom stereocenters. The molecule has 9 nitrogen and oxygen atoms in total. The number of carbonyl (C=O) groups is 2. The lowest BCUT2D eigenvalue weighted by molar-refractivity contribution is -0.143. The molecular formula is C30H27F9N4O5. The number of carboxylic acid groups (broad SMARTS) is 2. The quantitative estimate of drug-likeness (QED) is 0.155. The lowest BCUT2D eigenvalue weighted by Gasteiger charge is -2.46. The maximum atomic E-state index is 13.8. The lowest BCUT2D eigenvalue weighted by atomic mass is 9.80. The van der Waals surface area contributed by atoms with Gasteiger partial charge in [-0.1, -0.05) is 6.92 Å². The highest BCUT2D eigenvalue weighted by Gasteiger charge is 2.47. The first-order chi connectivity index (χ1) is 22.1. The number of nitrogens with two attached hydrogens (primary N) is 1. The molecule has 0 bridgehead atoms. The van der Waals surface area contributed by atoms with E-state index in [1.54, 1.807) is 0 Å². The fourth-order valence-corrected chi connectivity index (χ4v) is 5.39. The van der Waals surface area contributed by atoms with Gasteiger partial charge in [0.15, 0.2) is 5.75 Å². The summed E-state index contributed by atoms with van der Waals surface area (Å²) in [5.41, 5.74) is -0.738. The van der Waals surface area contributed by atoms with E-state index in [4.69, 9.17) is 15.6 Å². The van der Waals surface area contributed by atoms with E-state index >= 15 is 0 Å². The normalized spacial score (nSPS) is 18.4. The van der Waals surface area contributed by atoms with Crippen LogP contribution in [0.4, 0.5) is 50.0 Å². The first-order valence-corrected chi connectivity index (χ1v) is 14.2. The highest BCUT2D eigenvalue weighted by molar-refractivity contribution is 5.90. The molecule has 2 heterocycles. The number of alkyl halides is 9. The van der Waals surface area contributed by atoms with Gasteiger partial charge < -0.3 is 20.7 Å². The van der Waals surface area contributed by atoms with Gasteiger partial charge >= 0.3 is 30.6 Å². The third-order valence-corrected chi connectivity index (χ3v) is 7.75. The van der Waals surface area contributed by atoms with Crippen LogP contribution in [-0.2, 0) is 29.7 Å². The predicted octanol–water partition coefficient (Wildman–Crippen LogP) is 7.45. The fourth-order valence-electron chi connectivity index (χ4n) is 5.39. The Balaban J connectivity index is 1.90. The number of carboxylic acids is 1. The summed E-state index contributed by atoms with van der Waals surface area (Å²) >= 11 is 0.